The summed E-state index contributed by atoms with van der Waals surface area (Å²) in [5.74, 6) is 0.121. The molecule has 0 aliphatic carbocycles. The summed E-state index contributed by atoms with van der Waals surface area (Å²) in [5, 5.41) is 0.350. The van der Waals surface area contributed by atoms with Gasteiger partial charge in [0.1, 0.15) is 17.2 Å². The number of halogens is 2. The number of hydrogen-bond acceptors (Lipinski definition) is 6. The summed E-state index contributed by atoms with van der Waals surface area (Å²) in [4.78, 5) is 26.5. The first kappa shape index (κ1) is 23.7. The fourth-order valence-electron chi connectivity index (χ4n) is 3.12. The van der Waals surface area contributed by atoms with E-state index in [0.29, 0.717) is 5.75 Å². The third kappa shape index (κ3) is 4.49. The van der Waals surface area contributed by atoms with E-state index in [1.54, 1.807) is 18.2 Å². The predicted molar refractivity (Wildman–Crippen MR) is 124 cm³/mol. The van der Waals surface area contributed by atoms with Crippen molar-refractivity contribution >= 4 is 47.6 Å². The number of ketones is 1. The van der Waals surface area contributed by atoms with Gasteiger partial charge in [-0.25, -0.2) is 4.79 Å². The van der Waals surface area contributed by atoms with Gasteiger partial charge in [0.05, 0.1) is 42.5 Å². The molecule has 9 heteroatoms. The second kappa shape index (κ2) is 10.1. The van der Waals surface area contributed by atoms with E-state index >= 15 is 0 Å². The Balaban J connectivity index is 2.11. The highest BCUT2D eigenvalue weighted by Crippen LogP contribution is 2.40. The molecule has 32 heavy (non-hydrogen) atoms. The van der Waals surface area contributed by atoms with E-state index in [2.05, 4.69) is 0 Å². The van der Waals surface area contributed by atoms with E-state index in [-0.39, 0.29) is 43.5 Å². The Morgan fingerprint density at radius 2 is 1.34 bits per heavy atom. The molecule has 3 aromatic rings. The van der Waals surface area contributed by atoms with Gasteiger partial charge in [-0.1, -0.05) is 46.0 Å². The first-order valence-electron chi connectivity index (χ1n) is 9.23. The summed E-state index contributed by atoms with van der Waals surface area (Å²) < 4.78 is 29.2. The van der Waals surface area contributed by atoms with Gasteiger partial charge >= 0.3 is 13.3 Å². The summed E-state index contributed by atoms with van der Waals surface area (Å²) in [6, 6.07) is 13.8. The van der Waals surface area contributed by atoms with Crippen LogP contribution in [-0.4, -0.2) is 32.6 Å². The van der Waals surface area contributed by atoms with E-state index in [1.165, 1.54) is 57.7 Å². The van der Waals surface area contributed by atoms with Gasteiger partial charge in [0.15, 0.2) is 5.56 Å². The molecule has 1 atom stereocenters. The van der Waals surface area contributed by atoms with Crippen LogP contribution < -0.4 is 19.5 Å². The highest BCUT2D eigenvalue weighted by atomic mass is 35.5. The first-order chi connectivity index (χ1) is 15.3. The average Bonchev–Trinajstić information content (AvgIpc) is 2.81. The van der Waals surface area contributed by atoms with E-state index in [4.69, 9.17) is 37.4 Å². The zero-order chi connectivity index (χ0) is 23.4. The SMILES string of the molecule is COc1cc(OC)c(C(=O)[P+](=O)c2ccccc2C(=O)c2c(Cl)cccc2Cl)c(OC)c1. The highest BCUT2D eigenvalue weighted by Gasteiger charge is 2.41. The van der Waals surface area contributed by atoms with Crippen LogP contribution in [0.5, 0.6) is 17.2 Å². The number of ether oxygens (including phenoxy) is 3. The van der Waals surface area contributed by atoms with Crippen LogP contribution in [0.4, 0.5) is 0 Å². The molecule has 0 saturated carbocycles. The molecule has 3 aromatic carbocycles. The number of hydrogen-bond donors (Lipinski definition) is 0. The van der Waals surface area contributed by atoms with Gasteiger partial charge in [-0.3, -0.25) is 4.79 Å². The predicted octanol–water partition coefficient (Wildman–Crippen LogP) is 5.54. The lowest BCUT2D eigenvalue weighted by Crippen LogP contribution is -2.17. The quantitative estimate of drug-likeness (QED) is 0.304. The first-order valence-corrected chi connectivity index (χ1v) is 11.2. The molecule has 0 radical (unpaired) electrons. The summed E-state index contributed by atoms with van der Waals surface area (Å²) >= 11 is 12.4. The summed E-state index contributed by atoms with van der Waals surface area (Å²) in [5.41, 5.74) is -0.654. The van der Waals surface area contributed by atoms with Crippen LogP contribution in [0.1, 0.15) is 26.3 Å². The fraction of sp³-hybridized carbons (Fsp3) is 0.130. The molecule has 0 aromatic heterocycles. The Labute approximate surface area is 195 Å². The molecule has 0 bridgehead atoms. The normalized spacial score (nSPS) is 11.0. The van der Waals surface area contributed by atoms with Crippen LogP contribution in [0, 0.1) is 0 Å². The number of benzene rings is 3. The Hall–Kier alpha value is -2.92. The van der Waals surface area contributed by atoms with E-state index in [1.807, 2.05) is 0 Å². The Morgan fingerprint density at radius 1 is 0.781 bits per heavy atom. The number of rotatable bonds is 8. The summed E-state index contributed by atoms with van der Waals surface area (Å²) in [6.07, 6.45) is 0. The van der Waals surface area contributed by atoms with E-state index in [9.17, 15) is 14.2 Å². The molecule has 0 N–H and O–H groups in total. The van der Waals surface area contributed by atoms with Crippen LogP contribution in [0.25, 0.3) is 0 Å². The van der Waals surface area contributed by atoms with E-state index < -0.39 is 19.1 Å². The maximum atomic E-state index is 13.4. The molecule has 0 spiro atoms. The van der Waals surface area contributed by atoms with Crippen LogP contribution >= 0.6 is 31.0 Å². The van der Waals surface area contributed by atoms with Crippen LogP contribution in [0.2, 0.25) is 10.0 Å². The monoisotopic (exact) mass is 491 g/mol. The second-order valence-corrected chi connectivity index (χ2v) is 8.74. The van der Waals surface area contributed by atoms with Gasteiger partial charge in [0, 0.05) is 12.1 Å². The summed E-state index contributed by atoms with van der Waals surface area (Å²) in [7, 11) is 1.47. The minimum atomic E-state index is -2.73. The molecule has 3 rings (SSSR count). The molecule has 0 heterocycles. The van der Waals surface area contributed by atoms with Gasteiger partial charge in [-0.15, -0.1) is 0 Å². The van der Waals surface area contributed by atoms with Crippen molar-refractivity contribution in [2.45, 2.75) is 0 Å². The Morgan fingerprint density at radius 3 is 1.88 bits per heavy atom. The van der Waals surface area contributed by atoms with Crippen LogP contribution in [-0.2, 0) is 4.57 Å². The van der Waals surface area contributed by atoms with Crippen LogP contribution in [0.15, 0.2) is 54.6 Å². The fourth-order valence-corrected chi connectivity index (χ4v) is 4.95. The lowest BCUT2D eigenvalue weighted by molar-refractivity contribution is 0.103. The van der Waals surface area contributed by atoms with Crippen molar-refractivity contribution in [3.63, 3.8) is 0 Å². The molecule has 1 unspecified atom stereocenters. The number of carbonyl (C=O) groups is 2. The van der Waals surface area contributed by atoms with Crippen molar-refractivity contribution in [2.75, 3.05) is 21.3 Å². The van der Waals surface area contributed by atoms with Crippen molar-refractivity contribution in [3.05, 3.63) is 81.3 Å². The zero-order valence-corrected chi connectivity index (χ0v) is 19.8. The summed E-state index contributed by atoms with van der Waals surface area (Å²) in [6.45, 7) is 0. The van der Waals surface area contributed by atoms with Gasteiger partial charge in [-0.05, 0) is 24.3 Å². The molecule has 164 valence electrons. The van der Waals surface area contributed by atoms with E-state index in [0.717, 1.165) is 0 Å². The lowest BCUT2D eigenvalue weighted by Gasteiger charge is -2.11. The average molecular weight is 492 g/mol. The number of methoxy groups -OCH3 is 3. The molecule has 0 aliphatic heterocycles. The Kier molecular flexibility index (Phi) is 7.52. The minimum absolute atomic E-state index is 0.0186. The molecule has 6 nitrogen and oxygen atoms in total. The van der Waals surface area contributed by atoms with Gasteiger partial charge in [0.2, 0.25) is 11.1 Å². The molecule has 0 aliphatic rings. The van der Waals surface area contributed by atoms with Crippen molar-refractivity contribution in [1.29, 1.82) is 0 Å². The van der Waals surface area contributed by atoms with Crippen molar-refractivity contribution in [2.24, 2.45) is 0 Å². The topological polar surface area (TPSA) is 78.9 Å². The molecule has 0 saturated heterocycles. The maximum absolute atomic E-state index is 13.4. The zero-order valence-electron chi connectivity index (χ0n) is 17.3. The van der Waals surface area contributed by atoms with Gasteiger partial charge in [-0.2, -0.15) is 0 Å². The van der Waals surface area contributed by atoms with Gasteiger partial charge < -0.3 is 14.2 Å². The highest BCUT2D eigenvalue weighted by molar-refractivity contribution is 7.71. The third-order valence-corrected chi connectivity index (χ3v) is 6.72. The largest absolute Gasteiger partial charge is 0.496 e. The lowest BCUT2D eigenvalue weighted by atomic mass is 10.0. The molecular weight excluding hydrogens is 474 g/mol. The standard InChI is InChI=1S/C23H18Cl2O6P/c1-29-13-11-17(30-2)21(18(12-13)31-3)23(27)32(28)19-10-5-4-7-14(19)22(26)20-15(24)8-6-9-16(20)25/h4-12H,1-3H3/q+1. The van der Waals surface area contributed by atoms with Crippen molar-refractivity contribution < 1.29 is 28.4 Å². The Bertz CT molecular complexity index is 1180. The maximum Gasteiger partial charge on any atom is 0.459 e. The van der Waals surface area contributed by atoms with Gasteiger partial charge in [0.25, 0.3) is 0 Å². The minimum Gasteiger partial charge on any atom is -0.496 e. The van der Waals surface area contributed by atoms with Crippen molar-refractivity contribution in [1.82, 2.24) is 0 Å². The molecular formula is C23H18Cl2O6P+. The molecule has 0 fully saturated rings. The van der Waals surface area contributed by atoms with Crippen LogP contribution in [0.3, 0.4) is 0 Å². The number of carbonyl (C=O) groups excluding carboxylic acids is 2. The third-order valence-electron chi connectivity index (χ3n) is 4.67. The molecule has 0 amide bonds. The second-order valence-electron chi connectivity index (χ2n) is 6.45. The van der Waals surface area contributed by atoms with Crippen molar-refractivity contribution in [3.8, 4) is 17.2 Å². The smallest absolute Gasteiger partial charge is 0.459 e.